The summed E-state index contributed by atoms with van der Waals surface area (Å²) in [5.74, 6) is 0. The molecule has 1 saturated heterocycles. The van der Waals surface area contributed by atoms with E-state index in [2.05, 4.69) is 4.98 Å². The Labute approximate surface area is 108 Å². The molecule has 4 nitrogen and oxygen atoms in total. The molecule has 0 radical (unpaired) electrons. The lowest BCUT2D eigenvalue weighted by Gasteiger charge is -2.40. The minimum absolute atomic E-state index is 0.456. The molecule has 0 aromatic carbocycles. The number of nitrogens with zero attached hydrogens (tertiary/aromatic N) is 1. The minimum atomic E-state index is -0.509. The van der Waals surface area contributed by atoms with E-state index in [0.29, 0.717) is 26.2 Å². The number of aliphatic hydroxyl groups excluding tert-OH is 1. The van der Waals surface area contributed by atoms with Gasteiger partial charge in [0, 0.05) is 51.5 Å². The largest absolute Gasteiger partial charge is 0.390 e. The van der Waals surface area contributed by atoms with Crippen LogP contribution in [0.25, 0.3) is 0 Å². The molecule has 1 N–H and O–H groups in total. The summed E-state index contributed by atoms with van der Waals surface area (Å²) in [4.78, 5) is 4.07. The predicted molar refractivity (Wildman–Crippen MR) is 68.4 cm³/mol. The van der Waals surface area contributed by atoms with E-state index in [1.165, 1.54) is 0 Å². The fourth-order valence-electron chi connectivity index (χ4n) is 2.51. The molecule has 0 bridgehead atoms. The molecule has 100 valence electrons. The van der Waals surface area contributed by atoms with Crippen molar-refractivity contribution in [3.8, 4) is 0 Å². The van der Waals surface area contributed by atoms with Crippen LogP contribution < -0.4 is 0 Å². The van der Waals surface area contributed by atoms with Crippen molar-refractivity contribution in [1.29, 1.82) is 0 Å². The fourth-order valence-corrected chi connectivity index (χ4v) is 2.51. The van der Waals surface area contributed by atoms with Crippen LogP contribution in [0.15, 0.2) is 24.5 Å². The van der Waals surface area contributed by atoms with E-state index < -0.39 is 11.7 Å². The summed E-state index contributed by atoms with van der Waals surface area (Å²) < 4.78 is 11.2. The van der Waals surface area contributed by atoms with Crippen LogP contribution in [0.1, 0.15) is 25.3 Å². The van der Waals surface area contributed by atoms with E-state index >= 15 is 0 Å². The summed E-state index contributed by atoms with van der Waals surface area (Å²) in [6.45, 7) is 3.90. The smallest absolute Gasteiger partial charge is 0.0987 e. The Morgan fingerprint density at radius 2 is 2.28 bits per heavy atom. The summed E-state index contributed by atoms with van der Waals surface area (Å²) in [6, 6.07) is 3.87. The number of pyridine rings is 1. The molecular weight excluding hydrogens is 230 g/mol. The Kier molecular flexibility index (Phi) is 4.69. The lowest BCUT2D eigenvalue weighted by atomic mass is 9.85. The quantitative estimate of drug-likeness (QED) is 0.863. The van der Waals surface area contributed by atoms with Gasteiger partial charge >= 0.3 is 0 Å². The molecule has 2 rings (SSSR count). The third-order valence-electron chi connectivity index (χ3n) is 3.53. The lowest BCUT2D eigenvalue weighted by molar-refractivity contribution is -0.165. The molecule has 1 aromatic rings. The van der Waals surface area contributed by atoms with Gasteiger partial charge in [-0.15, -0.1) is 0 Å². The summed E-state index contributed by atoms with van der Waals surface area (Å²) in [6.07, 6.45) is 5.11. The maximum absolute atomic E-state index is 10.5. The highest BCUT2D eigenvalue weighted by molar-refractivity contribution is 5.11. The van der Waals surface area contributed by atoms with Crippen molar-refractivity contribution in [2.75, 3.05) is 19.8 Å². The summed E-state index contributed by atoms with van der Waals surface area (Å²) in [5.41, 5.74) is 0.582. The number of hydrogen-bond acceptors (Lipinski definition) is 4. The van der Waals surface area contributed by atoms with Crippen molar-refractivity contribution in [1.82, 2.24) is 4.98 Å². The van der Waals surface area contributed by atoms with E-state index in [9.17, 15) is 5.11 Å². The van der Waals surface area contributed by atoms with Crippen LogP contribution in [0.3, 0.4) is 0 Å². The Morgan fingerprint density at radius 1 is 1.50 bits per heavy atom. The van der Waals surface area contributed by atoms with Crippen LogP contribution in [-0.4, -0.2) is 41.6 Å². The molecule has 4 heteroatoms. The van der Waals surface area contributed by atoms with Gasteiger partial charge < -0.3 is 14.6 Å². The van der Waals surface area contributed by atoms with E-state index in [0.717, 1.165) is 18.4 Å². The van der Waals surface area contributed by atoms with Gasteiger partial charge in [0.15, 0.2) is 0 Å². The highest BCUT2D eigenvalue weighted by atomic mass is 16.5. The van der Waals surface area contributed by atoms with Gasteiger partial charge in [-0.1, -0.05) is 6.07 Å². The van der Waals surface area contributed by atoms with Crippen LogP contribution in [-0.2, 0) is 15.9 Å². The van der Waals surface area contributed by atoms with Crippen molar-refractivity contribution < 1.29 is 14.6 Å². The standard InChI is InChI=1S/C14H21NO3/c1-2-18-14(5-8-17-9-6-14)13(16)10-12-4-3-7-15-11-12/h3-4,7,11,13,16H,2,5-6,8-10H2,1H3. The normalized spacial score (nSPS) is 20.6. The average Bonchev–Trinajstić information content (AvgIpc) is 2.41. The molecule has 1 aliphatic heterocycles. The Hall–Kier alpha value is -0.970. The monoisotopic (exact) mass is 251 g/mol. The maximum Gasteiger partial charge on any atom is 0.0987 e. The van der Waals surface area contributed by atoms with Gasteiger partial charge in [0.25, 0.3) is 0 Å². The topological polar surface area (TPSA) is 51.6 Å². The molecular formula is C14H21NO3. The first-order valence-corrected chi connectivity index (χ1v) is 6.55. The van der Waals surface area contributed by atoms with Gasteiger partial charge in [-0.25, -0.2) is 0 Å². The molecule has 0 saturated carbocycles. The van der Waals surface area contributed by atoms with Gasteiger partial charge in [0.2, 0.25) is 0 Å². The fraction of sp³-hybridized carbons (Fsp3) is 0.643. The first-order valence-electron chi connectivity index (χ1n) is 6.55. The second-order valence-electron chi connectivity index (χ2n) is 4.69. The first kappa shape index (κ1) is 13.5. The van der Waals surface area contributed by atoms with Crippen molar-refractivity contribution in [2.24, 2.45) is 0 Å². The van der Waals surface area contributed by atoms with Gasteiger partial charge in [0.1, 0.15) is 0 Å². The van der Waals surface area contributed by atoms with E-state index in [1.807, 2.05) is 19.1 Å². The van der Waals surface area contributed by atoms with Crippen LogP contribution in [0.5, 0.6) is 0 Å². The Morgan fingerprint density at radius 3 is 2.89 bits per heavy atom. The second kappa shape index (κ2) is 6.27. The predicted octanol–water partition coefficient (Wildman–Crippen LogP) is 1.57. The summed E-state index contributed by atoms with van der Waals surface area (Å²) in [5, 5.41) is 10.5. The molecule has 0 amide bonds. The molecule has 1 unspecified atom stereocenters. The van der Waals surface area contributed by atoms with Gasteiger partial charge in [-0.2, -0.15) is 0 Å². The van der Waals surface area contributed by atoms with Crippen molar-refractivity contribution >= 4 is 0 Å². The number of aromatic nitrogens is 1. The first-order chi connectivity index (χ1) is 8.77. The summed E-state index contributed by atoms with van der Waals surface area (Å²) >= 11 is 0. The molecule has 2 heterocycles. The lowest BCUT2D eigenvalue weighted by Crippen LogP contribution is -2.50. The molecule has 18 heavy (non-hydrogen) atoms. The summed E-state index contributed by atoms with van der Waals surface area (Å²) in [7, 11) is 0. The Bertz CT molecular complexity index is 344. The van der Waals surface area contributed by atoms with Crippen LogP contribution in [0, 0.1) is 0 Å². The SMILES string of the molecule is CCOC1(C(O)Cc2cccnc2)CCOCC1. The maximum atomic E-state index is 10.5. The van der Waals surface area contributed by atoms with Crippen LogP contribution >= 0.6 is 0 Å². The Balaban J connectivity index is 2.05. The number of ether oxygens (including phenoxy) is 2. The van der Waals surface area contributed by atoms with Crippen molar-refractivity contribution in [3.05, 3.63) is 30.1 Å². The minimum Gasteiger partial charge on any atom is -0.390 e. The zero-order chi connectivity index (χ0) is 12.8. The zero-order valence-electron chi connectivity index (χ0n) is 10.8. The van der Waals surface area contributed by atoms with Crippen molar-refractivity contribution in [2.45, 2.75) is 37.9 Å². The van der Waals surface area contributed by atoms with Crippen LogP contribution in [0.4, 0.5) is 0 Å². The third-order valence-corrected chi connectivity index (χ3v) is 3.53. The van der Waals surface area contributed by atoms with Crippen LogP contribution in [0.2, 0.25) is 0 Å². The molecule has 1 aromatic heterocycles. The number of aliphatic hydroxyl groups is 1. The third kappa shape index (κ3) is 3.07. The molecule has 0 aliphatic carbocycles. The van der Waals surface area contributed by atoms with Gasteiger partial charge in [0.05, 0.1) is 11.7 Å². The van der Waals surface area contributed by atoms with Gasteiger partial charge in [-0.3, -0.25) is 4.98 Å². The second-order valence-corrected chi connectivity index (χ2v) is 4.69. The highest BCUT2D eigenvalue weighted by Gasteiger charge is 2.40. The molecule has 0 spiro atoms. The average molecular weight is 251 g/mol. The van der Waals surface area contributed by atoms with E-state index in [1.54, 1.807) is 12.4 Å². The number of hydrogen-bond donors (Lipinski definition) is 1. The zero-order valence-corrected chi connectivity index (χ0v) is 10.8. The highest BCUT2D eigenvalue weighted by Crippen LogP contribution is 2.30. The molecule has 1 fully saturated rings. The van der Waals surface area contributed by atoms with Gasteiger partial charge in [-0.05, 0) is 18.6 Å². The van der Waals surface area contributed by atoms with E-state index in [4.69, 9.17) is 9.47 Å². The molecule has 1 atom stereocenters. The number of rotatable bonds is 5. The van der Waals surface area contributed by atoms with E-state index in [-0.39, 0.29) is 0 Å². The van der Waals surface area contributed by atoms with Crippen molar-refractivity contribution in [3.63, 3.8) is 0 Å². The molecule has 1 aliphatic rings.